The molecule has 0 fully saturated rings. The van der Waals surface area contributed by atoms with E-state index in [1.807, 2.05) is 0 Å². The fourth-order valence-corrected chi connectivity index (χ4v) is 4.99. The molecule has 0 aromatic carbocycles. The minimum absolute atomic E-state index is 0.541. The molecule has 0 aromatic heterocycles. The smallest absolute Gasteiger partial charge is 0.0575 e. The predicted octanol–water partition coefficient (Wildman–Crippen LogP) is 12.0. The standard InChI is InChI=1S/C32H66O/c1-4-7-10-13-16-18-20-22-25-28-31-33-32(29-26-23-15-12-9-6-3)30-27-24-21-19-17-14-11-8-5-2/h32H,4-31H2,1-3H3. The van der Waals surface area contributed by atoms with E-state index in [4.69, 9.17) is 4.74 Å². The summed E-state index contributed by atoms with van der Waals surface area (Å²) in [6, 6.07) is 0. The largest absolute Gasteiger partial charge is 0.378 e. The number of rotatable bonds is 29. The van der Waals surface area contributed by atoms with Crippen molar-refractivity contribution in [1.29, 1.82) is 0 Å². The van der Waals surface area contributed by atoms with E-state index in [0.717, 1.165) is 6.61 Å². The molecular formula is C32H66O. The van der Waals surface area contributed by atoms with Gasteiger partial charge in [0.15, 0.2) is 0 Å². The van der Waals surface area contributed by atoms with Crippen LogP contribution >= 0.6 is 0 Å². The van der Waals surface area contributed by atoms with Gasteiger partial charge in [-0.25, -0.2) is 0 Å². The van der Waals surface area contributed by atoms with E-state index in [9.17, 15) is 0 Å². The fraction of sp³-hybridized carbons (Fsp3) is 1.00. The van der Waals surface area contributed by atoms with E-state index >= 15 is 0 Å². The number of hydrogen-bond donors (Lipinski definition) is 0. The second-order valence-corrected chi connectivity index (χ2v) is 10.8. The maximum atomic E-state index is 6.41. The van der Waals surface area contributed by atoms with Crippen LogP contribution in [0.25, 0.3) is 0 Å². The molecule has 0 bridgehead atoms. The highest BCUT2D eigenvalue weighted by Crippen LogP contribution is 2.18. The molecule has 0 amide bonds. The van der Waals surface area contributed by atoms with Crippen LogP contribution in [0.4, 0.5) is 0 Å². The quantitative estimate of drug-likeness (QED) is 0.0995. The highest BCUT2D eigenvalue weighted by molar-refractivity contribution is 4.61. The van der Waals surface area contributed by atoms with Gasteiger partial charge in [0.05, 0.1) is 6.10 Å². The maximum Gasteiger partial charge on any atom is 0.0575 e. The van der Waals surface area contributed by atoms with Crippen LogP contribution in [-0.2, 0) is 4.74 Å². The molecule has 0 aliphatic carbocycles. The molecule has 1 nitrogen and oxygen atoms in total. The Morgan fingerprint density at radius 1 is 0.333 bits per heavy atom. The summed E-state index contributed by atoms with van der Waals surface area (Å²) >= 11 is 0. The summed E-state index contributed by atoms with van der Waals surface area (Å²) in [4.78, 5) is 0. The molecule has 0 saturated heterocycles. The van der Waals surface area contributed by atoms with Gasteiger partial charge in [0.25, 0.3) is 0 Å². The van der Waals surface area contributed by atoms with Crippen LogP contribution in [0.3, 0.4) is 0 Å². The second kappa shape index (κ2) is 30.0. The SMILES string of the molecule is CCCCCCCCCCCCOC(CCCCCCCC)CCCCCCCCCCC. The Labute approximate surface area is 211 Å². The van der Waals surface area contributed by atoms with E-state index in [1.165, 1.54) is 173 Å². The van der Waals surface area contributed by atoms with Crippen molar-refractivity contribution in [3.63, 3.8) is 0 Å². The maximum absolute atomic E-state index is 6.41. The van der Waals surface area contributed by atoms with Crippen molar-refractivity contribution >= 4 is 0 Å². The lowest BCUT2D eigenvalue weighted by atomic mass is 10.0. The molecule has 0 saturated carbocycles. The summed E-state index contributed by atoms with van der Waals surface area (Å²) in [5.41, 5.74) is 0. The Morgan fingerprint density at radius 3 is 0.939 bits per heavy atom. The van der Waals surface area contributed by atoms with E-state index in [-0.39, 0.29) is 0 Å². The van der Waals surface area contributed by atoms with Crippen LogP contribution in [0.5, 0.6) is 0 Å². The van der Waals surface area contributed by atoms with Crippen LogP contribution in [0.2, 0.25) is 0 Å². The number of hydrogen-bond acceptors (Lipinski definition) is 1. The van der Waals surface area contributed by atoms with Crippen LogP contribution in [0.1, 0.15) is 194 Å². The molecule has 0 aliphatic rings. The molecule has 0 spiro atoms. The monoisotopic (exact) mass is 467 g/mol. The van der Waals surface area contributed by atoms with Crippen LogP contribution in [-0.4, -0.2) is 12.7 Å². The Kier molecular flexibility index (Phi) is 30.0. The zero-order valence-corrected chi connectivity index (χ0v) is 23.8. The molecule has 1 heteroatoms. The van der Waals surface area contributed by atoms with E-state index in [1.54, 1.807) is 0 Å². The van der Waals surface area contributed by atoms with Gasteiger partial charge in [-0.1, -0.05) is 175 Å². The first-order valence-corrected chi connectivity index (χ1v) is 16.0. The van der Waals surface area contributed by atoms with Crippen molar-refractivity contribution in [2.24, 2.45) is 0 Å². The van der Waals surface area contributed by atoms with Crippen molar-refractivity contribution in [3.8, 4) is 0 Å². The minimum Gasteiger partial charge on any atom is -0.378 e. The third-order valence-electron chi connectivity index (χ3n) is 7.36. The highest BCUT2D eigenvalue weighted by Gasteiger charge is 2.09. The predicted molar refractivity (Wildman–Crippen MR) is 151 cm³/mol. The van der Waals surface area contributed by atoms with Crippen LogP contribution in [0.15, 0.2) is 0 Å². The third kappa shape index (κ3) is 28.1. The average Bonchev–Trinajstić information content (AvgIpc) is 2.83. The Bertz CT molecular complexity index is 326. The summed E-state index contributed by atoms with van der Waals surface area (Å²) in [5.74, 6) is 0. The molecule has 200 valence electrons. The lowest BCUT2D eigenvalue weighted by molar-refractivity contribution is 0.0357. The van der Waals surface area contributed by atoms with Crippen LogP contribution < -0.4 is 0 Å². The van der Waals surface area contributed by atoms with Gasteiger partial charge in [-0.3, -0.25) is 0 Å². The molecule has 0 aliphatic heterocycles. The topological polar surface area (TPSA) is 9.23 Å². The first-order valence-electron chi connectivity index (χ1n) is 16.0. The molecule has 0 rings (SSSR count). The first kappa shape index (κ1) is 33.0. The third-order valence-corrected chi connectivity index (χ3v) is 7.36. The lowest BCUT2D eigenvalue weighted by Crippen LogP contribution is -2.14. The zero-order chi connectivity index (χ0) is 24.1. The molecule has 0 N–H and O–H groups in total. The van der Waals surface area contributed by atoms with Crippen molar-refractivity contribution in [2.45, 2.75) is 200 Å². The van der Waals surface area contributed by atoms with Gasteiger partial charge in [-0.15, -0.1) is 0 Å². The fourth-order valence-electron chi connectivity index (χ4n) is 4.99. The van der Waals surface area contributed by atoms with Gasteiger partial charge in [0, 0.05) is 6.61 Å². The molecule has 33 heavy (non-hydrogen) atoms. The summed E-state index contributed by atoms with van der Waals surface area (Å²) < 4.78 is 6.41. The van der Waals surface area contributed by atoms with Gasteiger partial charge < -0.3 is 4.74 Å². The molecule has 1 atom stereocenters. The summed E-state index contributed by atoms with van der Waals surface area (Å²) in [6.45, 7) is 7.92. The van der Waals surface area contributed by atoms with Gasteiger partial charge in [0.1, 0.15) is 0 Å². The average molecular weight is 467 g/mol. The van der Waals surface area contributed by atoms with Crippen molar-refractivity contribution in [1.82, 2.24) is 0 Å². The molecular weight excluding hydrogens is 400 g/mol. The second-order valence-electron chi connectivity index (χ2n) is 10.8. The highest BCUT2D eigenvalue weighted by atomic mass is 16.5. The molecule has 1 unspecified atom stereocenters. The van der Waals surface area contributed by atoms with Gasteiger partial charge in [-0.2, -0.15) is 0 Å². The summed E-state index contributed by atoms with van der Waals surface area (Å²) in [5, 5.41) is 0. The van der Waals surface area contributed by atoms with E-state index in [0.29, 0.717) is 6.10 Å². The van der Waals surface area contributed by atoms with Gasteiger partial charge >= 0.3 is 0 Å². The Balaban J connectivity index is 3.78. The minimum atomic E-state index is 0.541. The summed E-state index contributed by atoms with van der Waals surface area (Å²) in [6.07, 6.45) is 38.5. The van der Waals surface area contributed by atoms with Crippen molar-refractivity contribution < 1.29 is 4.74 Å². The zero-order valence-electron chi connectivity index (χ0n) is 23.8. The van der Waals surface area contributed by atoms with E-state index < -0.39 is 0 Å². The lowest BCUT2D eigenvalue weighted by Gasteiger charge is -2.18. The Morgan fingerprint density at radius 2 is 0.606 bits per heavy atom. The van der Waals surface area contributed by atoms with Crippen molar-refractivity contribution in [2.75, 3.05) is 6.61 Å². The van der Waals surface area contributed by atoms with Gasteiger partial charge in [-0.05, 0) is 19.3 Å². The number of ether oxygens (including phenoxy) is 1. The Hall–Kier alpha value is -0.0400. The summed E-state index contributed by atoms with van der Waals surface area (Å²) in [7, 11) is 0. The molecule has 0 heterocycles. The normalized spacial score (nSPS) is 12.5. The van der Waals surface area contributed by atoms with Crippen molar-refractivity contribution in [3.05, 3.63) is 0 Å². The molecule has 0 aromatic rings. The van der Waals surface area contributed by atoms with Gasteiger partial charge in [0.2, 0.25) is 0 Å². The molecule has 0 radical (unpaired) electrons. The first-order chi connectivity index (χ1) is 16.3. The number of unbranched alkanes of at least 4 members (excludes halogenated alkanes) is 22. The van der Waals surface area contributed by atoms with Crippen LogP contribution in [0, 0.1) is 0 Å². The van der Waals surface area contributed by atoms with E-state index in [2.05, 4.69) is 20.8 Å².